The van der Waals surface area contributed by atoms with Crippen molar-refractivity contribution in [2.45, 2.75) is 6.04 Å². The summed E-state index contributed by atoms with van der Waals surface area (Å²) in [5, 5.41) is 9.00. The third-order valence-electron chi connectivity index (χ3n) is 2.35. The lowest BCUT2D eigenvalue weighted by atomic mass is 10.2. The first-order chi connectivity index (χ1) is 7.72. The molecule has 0 aliphatic rings. The van der Waals surface area contributed by atoms with Crippen LogP contribution in [0.15, 0.2) is 36.8 Å². The zero-order valence-corrected chi connectivity index (χ0v) is 8.55. The summed E-state index contributed by atoms with van der Waals surface area (Å²) in [4.78, 5) is 3.97. The monoisotopic (exact) mass is 221 g/mol. The molecule has 1 heterocycles. The molecular formula is C11H12FN3O. The van der Waals surface area contributed by atoms with Crippen molar-refractivity contribution in [1.29, 1.82) is 0 Å². The van der Waals surface area contributed by atoms with Gasteiger partial charge in [-0.2, -0.15) is 0 Å². The van der Waals surface area contributed by atoms with Crippen molar-refractivity contribution in [3.05, 3.63) is 48.3 Å². The molecule has 0 aliphatic carbocycles. The molecule has 2 rings (SSSR count). The van der Waals surface area contributed by atoms with Gasteiger partial charge in [0, 0.05) is 5.69 Å². The summed E-state index contributed by atoms with van der Waals surface area (Å²) >= 11 is 0. The molecule has 4 nitrogen and oxygen atoms in total. The highest BCUT2D eigenvalue weighted by atomic mass is 19.1. The predicted octanol–water partition coefficient (Wildman–Crippen LogP) is 1.00. The van der Waals surface area contributed by atoms with Crippen LogP contribution in [0.4, 0.5) is 4.39 Å². The number of aliphatic hydroxyl groups excluding tert-OH is 1. The van der Waals surface area contributed by atoms with Gasteiger partial charge in [0.25, 0.3) is 0 Å². The average molecular weight is 221 g/mol. The van der Waals surface area contributed by atoms with E-state index in [0.29, 0.717) is 5.69 Å². The second-order valence-corrected chi connectivity index (χ2v) is 3.45. The molecule has 1 atom stereocenters. The van der Waals surface area contributed by atoms with Gasteiger partial charge in [-0.15, -0.1) is 0 Å². The first-order valence-corrected chi connectivity index (χ1v) is 4.87. The van der Waals surface area contributed by atoms with Crippen molar-refractivity contribution in [3.8, 4) is 5.69 Å². The van der Waals surface area contributed by atoms with E-state index in [0.717, 1.165) is 5.69 Å². The SMILES string of the molecule is NC(CO)c1cncn1-c1ccc(F)cc1. The van der Waals surface area contributed by atoms with E-state index in [1.807, 2.05) is 0 Å². The summed E-state index contributed by atoms with van der Waals surface area (Å²) < 4.78 is 14.5. The highest BCUT2D eigenvalue weighted by Crippen LogP contribution is 2.16. The van der Waals surface area contributed by atoms with Gasteiger partial charge in [-0.25, -0.2) is 9.37 Å². The molecule has 2 aromatic rings. The molecule has 0 bridgehead atoms. The Morgan fingerprint density at radius 2 is 2.06 bits per heavy atom. The molecule has 0 saturated carbocycles. The van der Waals surface area contributed by atoms with Crippen molar-refractivity contribution >= 4 is 0 Å². The summed E-state index contributed by atoms with van der Waals surface area (Å²) in [5.41, 5.74) is 7.17. The van der Waals surface area contributed by atoms with Crippen LogP contribution in [0.5, 0.6) is 0 Å². The maximum atomic E-state index is 12.8. The first kappa shape index (κ1) is 10.8. The Bertz CT molecular complexity index is 466. The molecule has 0 radical (unpaired) electrons. The summed E-state index contributed by atoms with van der Waals surface area (Å²) in [6.07, 6.45) is 3.17. The van der Waals surface area contributed by atoms with Gasteiger partial charge in [-0.05, 0) is 24.3 Å². The summed E-state index contributed by atoms with van der Waals surface area (Å²) in [5.74, 6) is -0.295. The molecule has 5 heteroatoms. The molecule has 1 aromatic carbocycles. The number of aromatic nitrogens is 2. The van der Waals surface area contributed by atoms with Gasteiger partial charge >= 0.3 is 0 Å². The highest BCUT2D eigenvalue weighted by Gasteiger charge is 2.11. The molecule has 16 heavy (non-hydrogen) atoms. The maximum Gasteiger partial charge on any atom is 0.123 e. The van der Waals surface area contributed by atoms with Crippen molar-refractivity contribution < 1.29 is 9.50 Å². The molecule has 0 spiro atoms. The lowest BCUT2D eigenvalue weighted by Crippen LogP contribution is -2.18. The molecular weight excluding hydrogens is 209 g/mol. The van der Waals surface area contributed by atoms with E-state index < -0.39 is 6.04 Å². The van der Waals surface area contributed by atoms with Crippen LogP contribution in [0.25, 0.3) is 5.69 Å². The number of nitrogens with two attached hydrogens (primary N) is 1. The Balaban J connectivity index is 2.40. The minimum absolute atomic E-state index is 0.160. The fourth-order valence-corrected chi connectivity index (χ4v) is 1.49. The molecule has 0 amide bonds. The van der Waals surface area contributed by atoms with Crippen LogP contribution in [0, 0.1) is 5.82 Å². The number of rotatable bonds is 3. The summed E-state index contributed by atoms with van der Waals surface area (Å²) in [6, 6.07) is 5.50. The van der Waals surface area contributed by atoms with Gasteiger partial charge in [-0.1, -0.05) is 0 Å². The van der Waals surface area contributed by atoms with E-state index in [1.165, 1.54) is 12.1 Å². The molecule has 1 aromatic heterocycles. The topological polar surface area (TPSA) is 64.1 Å². The van der Waals surface area contributed by atoms with Gasteiger partial charge in [0.2, 0.25) is 0 Å². The number of imidazole rings is 1. The zero-order valence-electron chi connectivity index (χ0n) is 8.55. The van der Waals surface area contributed by atoms with E-state index in [9.17, 15) is 4.39 Å². The Morgan fingerprint density at radius 3 is 2.69 bits per heavy atom. The lowest BCUT2D eigenvalue weighted by molar-refractivity contribution is 0.265. The van der Waals surface area contributed by atoms with E-state index in [-0.39, 0.29) is 12.4 Å². The van der Waals surface area contributed by atoms with Crippen LogP contribution in [0.1, 0.15) is 11.7 Å². The number of aliphatic hydroxyl groups is 1. The Kier molecular flexibility index (Phi) is 2.98. The fourth-order valence-electron chi connectivity index (χ4n) is 1.49. The lowest BCUT2D eigenvalue weighted by Gasteiger charge is -2.12. The summed E-state index contributed by atoms with van der Waals surface area (Å²) in [7, 11) is 0. The summed E-state index contributed by atoms with van der Waals surface area (Å²) in [6.45, 7) is -0.160. The quantitative estimate of drug-likeness (QED) is 0.812. The number of hydrogen-bond donors (Lipinski definition) is 2. The largest absolute Gasteiger partial charge is 0.394 e. The Labute approximate surface area is 92.2 Å². The Morgan fingerprint density at radius 1 is 1.38 bits per heavy atom. The number of hydrogen-bond acceptors (Lipinski definition) is 3. The van der Waals surface area contributed by atoms with Crippen LogP contribution in [-0.4, -0.2) is 21.3 Å². The number of nitrogens with zero attached hydrogens (tertiary/aromatic N) is 2. The van der Waals surface area contributed by atoms with Crippen LogP contribution in [-0.2, 0) is 0 Å². The normalized spacial score (nSPS) is 12.7. The third-order valence-corrected chi connectivity index (χ3v) is 2.35. The zero-order chi connectivity index (χ0) is 11.5. The van der Waals surface area contributed by atoms with Crippen molar-refractivity contribution in [2.75, 3.05) is 6.61 Å². The third kappa shape index (κ3) is 1.95. The fraction of sp³-hybridized carbons (Fsp3) is 0.182. The van der Waals surface area contributed by atoms with Crippen molar-refractivity contribution in [3.63, 3.8) is 0 Å². The molecule has 0 saturated heterocycles. The van der Waals surface area contributed by atoms with E-state index >= 15 is 0 Å². The van der Waals surface area contributed by atoms with E-state index in [1.54, 1.807) is 29.2 Å². The number of halogens is 1. The second kappa shape index (κ2) is 4.42. The van der Waals surface area contributed by atoms with Gasteiger partial charge in [0.1, 0.15) is 5.82 Å². The van der Waals surface area contributed by atoms with E-state index in [4.69, 9.17) is 10.8 Å². The van der Waals surface area contributed by atoms with Crippen molar-refractivity contribution in [2.24, 2.45) is 5.73 Å². The number of benzene rings is 1. The van der Waals surface area contributed by atoms with E-state index in [2.05, 4.69) is 4.98 Å². The Hall–Kier alpha value is -1.72. The predicted molar refractivity (Wildman–Crippen MR) is 57.5 cm³/mol. The van der Waals surface area contributed by atoms with Gasteiger partial charge in [0.15, 0.2) is 0 Å². The molecule has 3 N–H and O–H groups in total. The molecule has 0 fully saturated rings. The average Bonchev–Trinajstić information content (AvgIpc) is 2.78. The maximum absolute atomic E-state index is 12.8. The van der Waals surface area contributed by atoms with Gasteiger partial charge < -0.3 is 15.4 Å². The van der Waals surface area contributed by atoms with Crippen LogP contribution >= 0.6 is 0 Å². The van der Waals surface area contributed by atoms with Crippen molar-refractivity contribution in [1.82, 2.24) is 9.55 Å². The molecule has 1 unspecified atom stereocenters. The van der Waals surface area contributed by atoms with Gasteiger partial charge in [-0.3, -0.25) is 0 Å². The van der Waals surface area contributed by atoms with Crippen LogP contribution in [0.3, 0.4) is 0 Å². The standard InChI is InChI=1S/C11H12FN3O/c12-8-1-3-9(4-2-8)15-7-14-5-11(15)10(13)6-16/h1-5,7,10,16H,6,13H2. The van der Waals surface area contributed by atoms with Crippen LogP contribution < -0.4 is 5.73 Å². The molecule has 84 valence electrons. The van der Waals surface area contributed by atoms with Gasteiger partial charge in [0.05, 0.1) is 30.9 Å². The minimum atomic E-state index is -0.493. The second-order valence-electron chi connectivity index (χ2n) is 3.45. The minimum Gasteiger partial charge on any atom is -0.394 e. The smallest absolute Gasteiger partial charge is 0.123 e. The van der Waals surface area contributed by atoms with Crippen LogP contribution in [0.2, 0.25) is 0 Å². The highest BCUT2D eigenvalue weighted by molar-refractivity contribution is 5.34. The first-order valence-electron chi connectivity index (χ1n) is 4.87. The molecule has 0 aliphatic heterocycles.